The summed E-state index contributed by atoms with van der Waals surface area (Å²) in [6, 6.07) is -0.837. The fourth-order valence-corrected chi connectivity index (χ4v) is 7.32. The molecule has 0 aliphatic carbocycles. The van der Waals surface area contributed by atoms with E-state index in [1.54, 1.807) is 6.08 Å². The van der Waals surface area contributed by atoms with Gasteiger partial charge in [-0.05, 0) is 70.6 Å². The van der Waals surface area contributed by atoms with E-state index in [1.807, 2.05) is 6.08 Å². The monoisotopic (exact) mass is 846 g/mol. The lowest BCUT2D eigenvalue weighted by Gasteiger charge is -2.40. The summed E-state index contributed by atoms with van der Waals surface area (Å²) in [4.78, 5) is 12.9. The summed E-state index contributed by atoms with van der Waals surface area (Å²) in [6.07, 6.45) is 47.0. The van der Waals surface area contributed by atoms with Gasteiger partial charge in [0.25, 0.3) is 0 Å². The van der Waals surface area contributed by atoms with Gasteiger partial charge < -0.3 is 40.3 Å². The number of carbonyl (C=O) groups excluding carboxylic acids is 1. The molecule has 1 saturated heterocycles. The molecule has 1 heterocycles. The standard InChI is InChI=1S/C51H91NO8/c1-3-5-7-9-11-13-15-17-19-20-21-22-23-24-25-26-27-28-30-32-34-36-38-40-45(54)44(43-59-51-50(58)49(57)48(56)46(42-53)60-51)52-47(55)41-39-37-35-33-31-29-18-16-14-12-10-8-6-4-2/h10,12,16,18,25-26,30,32,38,40,44-46,48-51,53-54,56-58H,3-9,11,13-15,17,19-24,27-29,31,33-37,39,41-43H2,1-2H3,(H,52,55)/b12-10-,18-16-,26-25+,32-30+,40-38+. The van der Waals surface area contributed by atoms with E-state index in [0.717, 1.165) is 77.0 Å². The van der Waals surface area contributed by atoms with Crippen molar-refractivity contribution in [1.29, 1.82) is 0 Å². The molecule has 1 rings (SSSR count). The summed E-state index contributed by atoms with van der Waals surface area (Å²) in [7, 11) is 0. The summed E-state index contributed by atoms with van der Waals surface area (Å²) in [5, 5.41) is 54.2. The zero-order valence-corrected chi connectivity index (χ0v) is 38.2. The molecule has 0 aromatic heterocycles. The van der Waals surface area contributed by atoms with E-state index in [2.05, 4.69) is 67.8 Å². The summed E-state index contributed by atoms with van der Waals surface area (Å²) >= 11 is 0. The van der Waals surface area contributed by atoms with Crippen molar-refractivity contribution in [2.45, 2.75) is 243 Å². The predicted molar refractivity (Wildman–Crippen MR) is 249 cm³/mol. The van der Waals surface area contributed by atoms with Crippen LogP contribution >= 0.6 is 0 Å². The van der Waals surface area contributed by atoms with E-state index in [9.17, 15) is 30.3 Å². The number of rotatable bonds is 40. The number of carbonyl (C=O) groups is 1. The fourth-order valence-electron chi connectivity index (χ4n) is 7.32. The highest BCUT2D eigenvalue weighted by Crippen LogP contribution is 2.22. The highest BCUT2D eigenvalue weighted by Gasteiger charge is 2.44. The molecule has 1 amide bonds. The fraction of sp³-hybridized carbons (Fsp3) is 0.784. The summed E-state index contributed by atoms with van der Waals surface area (Å²) in [6.45, 7) is 3.70. The van der Waals surface area contributed by atoms with Crippen LogP contribution in [0.3, 0.4) is 0 Å². The van der Waals surface area contributed by atoms with Gasteiger partial charge >= 0.3 is 0 Å². The third-order valence-electron chi connectivity index (χ3n) is 11.3. The van der Waals surface area contributed by atoms with Crippen LogP contribution in [0.25, 0.3) is 0 Å². The quantitative estimate of drug-likeness (QED) is 0.0264. The Hall–Kier alpha value is -2.11. The van der Waals surface area contributed by atoms with Crippen molar-refractivity contribution in [2.75, 3.05) is 13.2 Å². The van der Waals surface area contributed by atoms with Crippen molar-refractivity contribution in [3.8, 4) is 0 Å². The van der Waals surface area contributed by atoms with Gasteiger partial charge in [0.2, 0.25) is 5.91 Å². The Morgan fingerprint density at radius 2 is 1.02 bits per heavy atom. The molecule has 7 unspecified atom stereocenters. The Kier molecular flexibility index (Phi) is 38.1. The van der Waals surface area contributed by atoms with Crippen molar-refractivity contribution < 1.29 is 39.8 Å². The van der Waals surface area contributed by atoms with Gasteiger partial charge in [0.05, 0.1) is 25.4 Å². The Balaban J connectivity index is 2.36. The zero-order chi connectivity index (χ0) is 43.7. The van der Waals surface area contributed by atoms with Crippen LogP contribution in [0.4, 0.5) is 0 Å². The number of nitrogens with one attached hydrogen (secondary N) is 1. The first-order chi connectivity index (χ1) is 29.3. The smallest absolute Gasteiger partial charge is 0.220 e. The van der Waals surface area contributed by atoms with Crippen molar-refractivity contribution in [1.82, 2.24) is 5.32 Å². The highest BCUT2D eigenvalue weighted by molar-refractivity contribution is 5.76. The molecule has 1 aliphatic heterocycles. The van der Waals surface area contributed by atoms with Gasteiger partial charge in [-0.1, -0.05) is 184 Å². The Morgan fingerprint density at radius 1 is 0.567 bits per heavy atom. The number of unbranched alkanes of at least 4 members (excludes halogenated alkanes) is 22. The second kappa shape index (κ2) is 40.9. The lowest BCUT2D eigenvalue weighted by molar-refractivity contribution is -0.302. The Bertz CT molecular complexity index is 1120. The number of allylic oxidation sites excluding steroid dienone is 9. The number of amides is 1. The summed E-state index contributed by atoms with van der Waals surface area (Å²) in [5.41, 5.74) is 0. The third kappa shape index (κ3) is 30.8. The van der Waals surface area contributed by atoms with E-state index in [1.165, 1.54) is 103 Å². The van der Waals surface area contributed by atoms with E-state index < -0.39 is 49.5 Å². The van der Waals surface area contributed by atoms with E-state index in [-0.39, 0.29) is 12.5 Å². The molecule has 9 nitrogen and oxygen atoms in total. The number of aliphatic hydroxyl groups is 5. The van der Waals surface area contributed by atoms with Gasteiger partial charge in [0.1, 0.15) is 24.4 Å². The maximum absolute atomic E-state index is 12.9. The first kappa shape index (κ1) is 55.9. The van der Waals surface area contributed by atoms with Crippen molar-refractivity contribution >= 4 is 5.91 Å². The maximum atomic E-state index is 12.9. The maximum Gasteiger partial charge on any atom is 0.220 e. The molecule has 1 aliphatic rings. The van der Waals surface area contributed by atoms with Crippen molar-refractivity contribution in [2.24, 2.45) is 0 Å². The molecular formula is C51H91NO8. The van der Waals surface area contributed by atoms with Crippen LogP contribution in [-0.2, 0) is 14.3 Å². The Morgan fingerprint density at radius 3 is 1.55 bits per heavy atom. The van der Waals surface area contributed by atoms with Crippen molar-refractivity contribution in [3.05, 3.63) is 60.8 Å². The molecule has 0 spiro atoms. The molecule has 60 heavy (non-hydrogen) atoms. The lowest BCUT2D eigenvalue weighted by Crippen LogP contribution is -2.60. The second-order valence-electron chi connectivity index (χ2n) is 16.9. The number of ether oxygens (including phenoxy) is 2. The van der Waals surface area contributed by atoms with Gasteiger partial charge in [-0.3, -0.25) is 4.79 Å². The average Bonchev–Trinajstić information content (AvgIpc) is 3.25. The summed E-state index contributed by atoms with van der Waals surface area (Å²) in [5.74, 6) is -0.207. The van der Waals surface area contributed by atoms with Gasteiger partial charge in [-0.2, -0.15) is 0 Å². The molecule has 9 heteroatoms. The molecule has 0 radical (unpaired) electrons. The number of aliphatic hydroxyl groups excluding tert-OH is 5. The minimum absolute atomic E-state index is 0.207. The molecule has 0 aromatic carbocycles. The second-order valence-corrected chi connectivity index (χ2v) is 16.9. The molecular weight excluding hydrogens is 755 g/mol. The molecule has 1 fully saturated rings. The molecule has 0 saturated carbocycles. The first-order valence-corrected chi connectivity index (χ1v) is 24.5. The highest BCUT2D eigenvalue weighted by atomic mass is 16.7. The zero-order valence-electron chi connectivity index (χ0n) is 38.2. The average molecular weight is 846 g/mol. The molecule has 7 atom stereocenters. The van der Waals surface area contributed by atoms with Gasteiger partial charge in [0, 0.05) is 6.42 Å². The van der Waals surface area contributed by atoms with Crippen LogP contribution in [0.1, 0.15) is 200 Å². The normalized spacial score (nSPS) is 21.1. The van der Waals surface area contributed by atoms with Gasteiger partial charge in [0.15, 0.2) is 6.29 Å². The topological polar surface area (TPSA) is 149 Å². The van der Waals surface area contributed by atoms with Gasteiger partial charge in [-0.25, -0.2) is 0 Å². The van der Waals surface area contributed by atoms with Crippen LogP contribution in [0.5, 0.6) is 0 Å². The predicted octanol–water partition coefficient (Wildman–Crippen LogP) is 10.8. The molecule has 348 valence electrons. The third-order valence-corrected chi connectivity index (χ3v) is 11.3. The van der Waals surface area contributed by atoms with Crippen LogP contribution in [0.15, 0.2) is 60.8 Å². The van der Waals surface area contributed by atoms with E-state index in [4.69, 9.17) is 9.47 Å². The minimum Gasteiger partial charge on any atom is -0.394 e. The number of hydrogen-bond donors (Lipinski definition) is 6. The van der Waals surface area contributed by atoms with Crippen LogP contribution in [-0.4, -0.2) is 87.5 Å². The minimum atomic E-state index is -1.58. The van der Waals surface area contributed by atoms with Crippen LogP contribution in [0.2, 0.25) is 0 Å². The molecule has 0 aromatic rings. The van der Waals surface area contributed by atoms with Crippen molar-refractivity contribution in [3.63, 3.8) is 0 Å². The Labute approximate surface area is 366 Å². The SMILES string of the molecule is CCCC/C=C\C/C=C\CCCCCCCC(=O)NC(COC1OC(CO)C(O)C(O)C1O)C(O)/C=C/CC/C=C/CC/C=C/CCCCCCCCCCCCCCC. The first-order valence-electron chi connectivity index (χ1n) is 24.5. The largest absolute Gasteiger partial charge is 0.394 e. The van der Waals surface area contributed by atoms with Crippen LogP contribution in [0, 0.1) is 0 Å². The van der Waals surface area contributed by atoms with E-state index >= 15 is 0 Å². The summed E-state index contributed by atoms with van der Waals surface area (Å²) < 4.78 is 11.2. The van der Waals surface area contributed by atoms with E-state index in [0.29, 0.717) is 6.42 Å². The number of hydrogen-bond acceptors (Lipinski definition) is 8. The molecule has 0 bridgehead atoms. The van der Waals surface area contributed by atoms with Crippen LogP contribution < -0.4 is 5.32 Å². The van der Waals surface area contributed by atoms with Gasteiger partial charge in [-0.15, -0.1) is 0 Å². The lowest BCUT2D eigenvalue weighted by atomic mass is 9.99. The molecule has 6 N–H and O–H groups in total.